The van der Waals surface area contributed by atoms with E-state index in [0.717, 1.165) is 0 Å². The molecule has 24 heavy (non-hydrogen) atoms. The van der Waals surface area contributed by atoms with E-state index in [1.54, 1.807) is 0 Å². The number of hydrogen-bond donors (Lipinski definition) is 2. The summed E-state index contributed by atoms with van der Waals surface area (Å²) < 4.78 is 0. The van der Waals surface area contributed by atoms with Gasteiger partial charge in [-0.1, -0.05) is 10.3 Å². The molecule has 2 aromatic carbocycles. The second-order valence-corrected chi connectivity index (χ2v) is 4.51. The van der Waals surface area contributed by atoms with Gasteiger partial charge in [0.1, 0.15) is 11.4 Å². The first-order valence-corrected chi connectivity index (χ1v) is 6.42. The molecule has 10 nitrogen and oxygen atoms in total. The Hall–Kier alpha value is -3.82. The lowest BCUT2D eigenvalue weighted by molar-refractivity contribution is -0.385. The lowest BCUT2D eigenvalue weighted by Gasteiger charge is -2.07. The van der Waals surface area contributed by atoms with Crippen molar-refractivity contribution in [1.82, 2.24) is 0 Å². The smallest absolute Gasteiger partial charge is 0.269 e. The van der Waals surface area contributed by atoms with Gasteiger partial charge in [-0.15, -0.1) is 0 Å². The maximum absolute atomic E-state index is 10.7. The molecule has 0 aliphatic heterocycles. The highest BCUT2D eigenvalue weighted by Crippen LogP contribution is 2.17. The second-order valence-electron chi connectivity index (χ2n) is 4.51. The number of benzene rings is 2. The minimum Gasteiger partial charge on any atom is -0.410 e. The van der Waals surface area contributed by atoms with Crippen LogP contribution in [0.15, 0.2) is 58.8 Å². The van der Waals surface area contributed by atoms with Gasteiger partial charge in [0.25, 0.3) is 11.4 Å². The molecule has 0 spiro atoms. The Balaban J connectivity index is 2.40. The fourth-order valence-corrected chi connectivity index (χ4v) is 1.97. The standard InChI is InChI=1S/C14H10N4O6/c19-15-13(9-1-5-11(6-2-9)17(21)22)14(16-20)10-3-7-12(8-4-10)18(23)24/h1-8,19-20H. The fourth-order valence-electron chi connectivity index (χ4n) is 1.97. The summed E-state index contributed by atoms with van der Waals surface area (Å²) in [5.74, 6) is 0. The van der Waals surface area contributed by atoms with Crippen LogP contribution in [0.5, 0.6) is 0 Å². The van der Waals surface area contributed by atoms with Gasteiger partial charge < -0.3 is 10.4 Å². The Kier molecular flexibility index (Phi) is 4.80. The minimum atomic E-state index is -0.586. The summed E-state index contributed by atoms with van der Waals surface area (Å²) in [6, 6.07) is 10.1. The van der Waals surface area contributed by atoms with Gasteiger partial charge in [0.15, 0.2) is 0 Å². The highest BCUT2D eigenvalue weighted by Gasteiger charge is 2.18. The van der Waals surface area contributed by atoms with Gasteiger partial charge in [-0.3, -0.25) is 20.2 Å². The second kappa shape index (κ2) is 6.96. The molecular weight excluding hydrogens is 320 g/mol. The van der Waals surface area contributed by atoms with Crippen molar-refractivity contribution in [2.24, 2.45) is 10.3 Å². The Labute approximate surface area is 134 Å². The predicted molar refractivity (Wildman–Crippen MR) is 82.8 cm³/mol. The number of oxime groups is 2. The van der Waals surface area contributed by atoms with Crippen molar-refractivity contribution in [3.05, 3.63) is 79.9 Å². The summed E-state index contributed by atoms with van der Waals surface area (Å²) >= 11 is 0. The molecule has 2 rings (SSSR count). The van der Waals surface area contributed by atoms with Gasteiger partial charge in [0.2, 0.25) is 0 Å². The average molecular weight is 330 g/mol. The van der Waals surface area contributed by atoms with E-state index in [9.17, 15) is 30.6 Å². The Morgan fingerprint density at radius 2 is 1.00 bits per heavy atom. The van der Waals surface area contributed by atoms with Crippen LogP contribution >= 0.6 is 0 Å². The Morgan fingerprint density at radius 1 is 0.708 bits per heavy atom. The van der Waals surface area contributed by atoms with Crippen molar-refractivity contribution in [1.29, 1.82) is 0 Å². The van der Waals surface area contributed by atoms with Crippen molar-refractivity contribution in [3.8, 4) is 0 Å². The molecule has 0 atom stereocenters. The van der Waals surface area contributed by atoms with Crippen LogP contribution in [0.4, 0.5) is 11.4 Å². The minimum absolute atomic E-state index is 0.152. The molecule has 0 radical (unpaired) electrons. The highest BCUT2D eigenvalue weighted by atomic mass is 16.6. The molecule has 0 heterocycles. The summed E-state index contributed by atoms with van der Waals surface area (Å²) in [6.45, 7) is 0. The molecule has 0 unspecified atom stereocenters. The molecule has 0 bridgehead atoms. The molecule has 0 saturated carbocycles. The summed E-state index contributed by atoms with van der Waals surface area (Å²) in [6.07, 6.45) is 0. The van der Waals surface area contributed by atoms with E-state index >= 15 is 0 Å². The van der Waals surface area contributed by atoms with E-state index in [4.69, 9.17) is 0 Å². The summed E-state index contributed by atoms with van der Waals surface area (Å²) in [5, 5.41) is 45.9. The molecule has 2 N–H and O–H groups in total. The number of nitro groups is 2. The molecule has 0 aromatic heterocycles. The monoisotopic (exact) mass is 330 g/mol. The summed E-state index contributed by atoms with van der Waals surface area (Å²) in [7, 11) is 0. The maximum atomic E-state index is 10.7. The molecule has 10 heteroatoms. The zero-order chi connectivity index (χ0) is 17.7. The van der Waals surface area contributed by atoms with Gasteiger partial charge in [-0.2, -0.15) is 0 Å². The molecular formula is C14H10N4O6. The number of non-ortho nitro benzene ring substituents is 2. The van der Waals surface area contributed by atoms with Crippen LogP contribution in [0.25, 0.3) is 0 Å². The molecule has 0 aliphatic carbocycles. The van der Waals surface area contributed by atoms with Gasteiger partial charge in [-0.05, 0) is 24.3 Å². The van der Waals surface area contributed by atoms with Gasteiger partial charge in [0, 0.05) is 35.4 Å². The van der Waals surface area contributed by atoms with E-state index in [2.05, 4.69) is 10.3 Å². The summed E-state index contributed by atoms with van der Waals surface area (Å²) in [5.41, 5.74) is -0.103. The molecule has 0 amide bonds. The third-order valence-corrected chi connectivity index (χ3v) is 3.13. The van der Waals surface area contributed by atoms with E-state index in [-0.39, 0.29) is 33.9 Å². The zero-order valence-electron chi connectivity index (χ0n) is 11.9. The average Bonchev–Trinajstić information content (AvgIpc) is 2.59. The van der Waals surface area contributed by atoms with Gasteiger partial charge >= 0.3 is 0 Å². The normalized spacial score (nSPS) is 12.0. The highest BCUT2D eigenvalue weighted by molar-refractivity contribution is 6.53. The fraction of sp³-hybridized carbons (Fsp3) is 0. The van der Waals surface area contributed by atoms with Crippen molar-refractivity contribution >= 4 is 22.8 Å². The molecule has 2 aromatic rings. The third kappa shape index (κ3) is 3.32. The zero-order valence-corrected chi connectivity index (χ0v) is 11.9. The number of nitro benzene ring substituents is 2. The van der Waals surface area contributed by atoms with Crippen LogP contribution in [0.3, 0.4) is 0 Å². The van der Waals surface area contributed by atoms with Crippen LogP contribution in [0.2, 0.25) is 0 Å². The first kappa shape index (κ1) is 16.5. The maximum Gasteiger partial charge on any atom is 0.269 e. The van der Waals surface area contributed by atoms with Gasteiger partial charge in [-0.25, -0.2) is 0 Å². The lowest BCUT2D eigenvalue weighted by Crippen LogP contribution is -2.17. The predicted octanol–water partition coefficient (Wildman–Crippen LogP) is 2.56. The van der Waals surface area contributed by atoms with E-state index in [0.29, 0.717) is 0 Å². The van der Waals surface area contributed by atoms with Crippen molar-refractivity contribution in [2.45, 2.75) is 0 Å². The quantitative estimate of drug-likeness (QED) is 0.372. The van der Waals surface area contributed by atoms with Crippen LogP contribution in [-0.2, 0) is 0 Å². The number of rotatable bonds is 5. The lowest BCUT2D eigenvalue weighted by atomic mass is 9.99. The SMILES string of the molecule is O=[N+]([O-])c1ccc(C(=NO)C(=NO)c2ccc([N+](=O)[O-])cc2)cc1. The van der Waals surface area contributed by atoms with Crippen LogP contribution in [0, 0.1) is 20.2 Å². The van der Waals surface area contributed by atoms with Crippen molar-refractivity contribution in [2.75, 3.05) is 0 Å². The first-order chi connectivity index (χ1) is 11.5. The van der Waals surface area contributed by atoms with Gasteiger partial charge in [0.05, 0.1) is 9.85 Å². The van der Waals surface area contributed by atoms with Crippen LogP contribution < -0.4 is 0 Å². The van der Waals surface area contributed by atoms with Crippen LogP contribution in [-0.4, -0.2) is 31.7 Å². The molecule has 0 aliphatic rings. The molecule has 122 valence electrons. The van der Waals surface area contributed by atoms with Crippen molar-refractivity contribution < 1.29 is 20.3 Å². The number of nitrogens with zero attached hydrogens (tertiary/aromatic N) is 4. The molecule has 0 saturated heterocycles. The van der Waals surface area contributed by atoms with E-state index in [1.165, 1.54) is 48.5 Å². The number of hydrogen-bond acceptors (Lipinski definition) is 8. The summed E-state index contributed by atoms with van der Waals surface area (Å²) in [4.78, 5) is 20.1. The Bertz CT molecular complexity index is 756. The topological polar surface area (TPSA) is 151 Å². The van der Waals surface area contributed by atoms with E-state index < -0.39 is 9.85 Å². The van der Waals surface area contributed by atoms with E-state index in [1.807, 2.05) is 0 Å². The third-order valence-electron chi connectivity index (χ3n) is 3.13. The Morgan fingerprint density at radius 3 is 1.21 bits per heavy atom. The van der Waals surface area contributed by atoms with Crippen molar-refractivity contribution in [3.63, 3.8) is 0 Å². The molecule has 0 fully saturated rings. The first-order valence-electron chi connectivity index (χ1n) is 6.42. The largest absolute Gasteiger partial charge is 0.410 e. The van der Waals surface area contributed by atoms with Crippen LogP contribution in [0.1, 0.15) is 11.1 Å².